The highest BCUT2D eigenvalue weighted by Gasteiger charge is 2.25. The second-order valence-electron chi connectivity index (χ2n) is 7.78. The van der Waals surface area contributed by atoms with Gasteiger partial charge in [0, 0.05) is 42.4 Å². The van der Waals surface area contributed by atoms with Crippen LogP contribution in [0.1, 0.15) is 35.3 Å². The molecule has 36 heavy (non-hydrogen) atoms. The van der Waals surface area contributed by atoms with Crippen LogP contribution >= 0.6 is 0 Å². The quantitative estimate of drug-likeness (QED) is 0.103. The van der Waals surface area contributed by atoms with Crippen LogP contribution in [0.15, 0.2) is 48.5 Å². The van der Waals surface area contributed by atoms with Crippen molar-refractivity contribution in [2.24, 2.45) is 0 Å². The van der Waals surface area contributed by atoms with Crippen LogP contribution in [0.25, 0.3) is 0 Å². The summed E-state index contributed by atoms with van der Waals surface area (Å²) in [6.45, 7) is 3.78. The number of hydroxylamine groups is 1. The van der Waals surface area contributed by atoms with Crippen molar-refractivity contribution in [1.82, 2.24) is 21.4 Å². The highest BCUT2D eigenvalue weighted by atomic mass is 16.5. The largest absolute Gasteiger partial charge is 0.391 e. The average Bonchev–Trinajstić information content (AvgIpc) is 2.86. The van der Waals surface area contributed by atoms with Gasteiger partial charge in [-0.25, -0.2) is 5.48 Å². The summed E-state index contributed by atoms with van der Waals surface area (Å²) >= 11 is 0. The molecule has 0 radical (unpaired) electrons. The Bertz CT molecular complexity index is 1120. The zero-order chi connectivity index (χ0) is 26.5. The Labute approximate surface area is 208 Å². The zero-order valence-electron chi connectivity index (χ0n) is 19.9. The number of carbonyl (C=O) groups excluding carboxylic acids is 4. The fourth-order valence-electron chi connectivity index (χ4n) is 2.92. The van der Waals surface area contributed by atoms with E-state index in [1.54, 1.807) is 36.4 Å². The maximum Gasteiger partial charge on any atom is 0.268 e. The number of aliphatic hydroxyl groups excluding tert-OH is 1. The summed E-state index contributed by atoms with van der Waals surface area (Å²) in [5.41, 5.74) is 3.65. The summed E-state index contributed by atoms with van der Waals surface area (Å²) in [7, 11) is 0. The lowest BCUT2D eigenvalue weighted by Crippen LogP contribution is -2.51. The molecule has 0 spiro atoms. The number of hydrogen-bond donors (Lipinski definition) is 7. The third kappa shape index (κ3) is 9.55. The number of rotatable bonds is 10. The normalized spacial score (nSPS) is 11.8. The van der Waals surface area contributed by atoms with Crippen molar-refractivity contribution >= 4 is 29.3 Å². The highest BCUT2D eigenvalue weighted by Crippen LogP contribution is 2.09. The standard InChI is InChI=1S/C25H29N5O6/c1-16(31)23(25(35)30-36)29-24(34)20-9-5-18(6-10-20)3-4-19-7-11-21(12-8-19)28-22(33)15-26-13-14-27-17(2)32/h5-12,16,23,26,31,36H,13-15H2,1-2H3,(H,27,32)(H,28,33)(H,29,34)(H,30,35). The molecule has 2 atom stereocenters. The van der Waals surface area contributed by atoms with Crippen LogP contribution in [0.3, 0.4) is 0 Å². The van der Waals surface area contributed by atoms with E-state index in [1.165, 1.54) is 31.5 Å². The number of carbonyl (C=O) groups is 4. The average molecular weight is 496 g/mol. The minimum Gasteiger partial charge on any atom is -0.391 e. The van der Waals surface area contributed by atoms with Crippen LogP contribution in [0.5, 0.6) is 0 Å². The fourth-order valence-corrected chi connectivity index (χ4v) is 2.92. The van der Waals surface area contributed by atoms with Crippen molar-refractivity contribution in [1.29, 1.82) is 0 Å². The molecule has 0 aliphatic heterocycles. The Balaban J connectivity index is 1.88. The minimum atomic E-state index is -1.30. The fraction of sp³-hybridized carbons (Fsp3) is 0.280. The van der Waals surface area contributed by atoms with E-state index < -0.39 is 24.0 Å². The Morgan fingerprint density at radius 3 is 2.03 bits per heavy atom. The van der Waals surface area contributed by atoms with Crippen LogP contribution < -0.4 is 26.7 Å². The molecule has 4 amide bonds. The molecule has 190 valence electrons. The molecule has 2 aromatic rings. The van der Waals surface area contributed by atoms with Gasteiger partial charge in [0.1, 0.15) is 6.04 Å². The van der Waals surface area contributed by atoms with Crippen molar-refractivity contribution in [3.63, 3.8) is 0 Å². The maximum atomic E-state index is 12.3. The Morgan fingerprint density at radius 2 is 1.50 bits per heavy atom. The van der Waals surface area contributed by atoms with Gasteiger partial charge in [0.15, 0.2) is 0 Å². The summed E-state index contributed by atoms with van der Waals surface area (Å²) in [6, 6.07) is 12.0. The molecule has 11 nitrogen and oxygen atoms in total. The molecule has 0 aromatic heterocycles. The number of benzene rings is 2. The van der Waals surface area contributed by atoms with Crippen LogP contribution in [-0.2, 0) is 14.4 Å². The van der Waals surface area contributed by atoms with E-state index >= 15 is 0 Å². The first-order chi connectivity index (χ1) is 17.2. The molecule has 0 fully saturated rings. The van der Waals surface area contributed by atoms with E-state index in [0.717, 1.165) is 5.56 Å². The van der Waals surface area contributed by atoms with Crippen LogP contribution in [-0.4, -0.2) is 65.7 Å². The first kappa shape index (κ1) is 28.0. The van der Waals surface area contributed by atoms with Gasteiger partial charge < -0.3 is 26.4 Å². The van der Waals surface area contributed by atoms with Gasteiger partial charge in [0.2, 0.25) is 11.8 Å². The SMILES string of the molecule is CC(=O)NCCNCC(=O)Nc1ccc(C#Cc2ccc(C(=O)NC(C(=O)NO)C(C)O)cc2)cc1. The van der Waals surface area contributed by atoms with Gasteiger partial charge >= 0.3 is 0 Å². The number of aliphatic hydroxyl groups is 1. The van der Waals surface area contributed by atoms with Crippen molar-refractivity contribution in [3.8, 4) is 11.8 Å². The summed E-state index contributed by atoms with van der Waals surface area (Å²) in [5.74, 6) is 4.11. The molecular weight excluding hydrogens is 466 g/mol. The van der Waals surface area contributed by atoms with Crippen molar-refractivity contribution in [3.05, 3.63) is 65.2 Å². The first-order valence-electron chi connectivity index (χ1n) is 11.1. The summed E-state index contributed by atoms with van der Waals surface area (Å²) < 4.78 is 0. The lowest BCUT2D eigenvalue weighted by atomic mass is 10.1. The smallest absolute Gasteiger partial charge is 0.268 e. The Hall–Kier alpha value is -4.24. The summed E-state index contributed by atoms with van der Waals surface area (Å²) in [4.78, 5) is 46.6. The van der Waals surface area contributed by atoms with Gasteiger partial charge in [-0.15, -0.1) is 0 Å². The van der Waals surface area contributed by atoms with Gasteiger partial charge in [-0.2, -0.15) is 0 Å². The molecule has 2 rings (SSSR count). The lowest BCUT2D eigenvalue weighted by molar-refractivity contribution is -0.133. The van der Waals surface area contributed by atoms with Gasteiger partial charge in [-0.1, -0.05) is 11.8 Å². The maximum absolute atomic E-state index is 12.3. The van der Waals surface area contributed by atoms with Crippen LogP contribution in [0, 0.1) is 11.8 Å². The highest BCUT2D eigenvalue weighted by molar-refractivity contribution is 5.97. The molecule has 7 N–H and O–H groups in total. The Kier molecular flexibility index (Phi) is 11.1. The third-order valence-corrected chi connectivity index (χ3v) is 4.79. The molecule has 11 heteroatoms. The molecule has 0 bridgehead atoms. The molecule has 0 aliphatic rings. The van der Waals surface area contributed by atoms with Crippen LogP contribution in [0.4, 0.5) is 5.69 Å². The minimum absolute atomic E-state index is 0.115. The molecule has 2 aromatic carbocycles. The summed E-state index contributed by atoms with van der Waals surface area (Å²) in [6.07, 6.45) is -1.20. The van der Waals surface area contributed by atoms with E-state index in [4.69, 9.17) is 5.21 Å². The van der Waals surface area contributed by atoms with E-state index in [0.29, 0.717) is 24.3 Å². The molecule has 0 aliphatic carbocycles. The molecule has 0 saturated heterocycles. The predicted octanol–water partition coefficient (Wildman–Crippen LogP) is -0.265. The van der Waals surface area contributed by atoms with Gasteiger partial charge in [0.05, 0.1) is 12.6 Å². The third-order valence-electron chi connectivity index (χ3n) is 4.79. The van der Waals surface area contributed by atoms with Crippen molar-refractivity contribution < 1.29 is 29.5 Å². The predicted molar refractivity (Wildman–Crippen MR) is 132 cm³/mol. The van der Waals surface area contributed by atoms with E-state index in [9.17, 15) is 24.3 Å². The van der Waals surface area contributed by atoms with Crippen LogP contribution in [0.2, 0.25) is 0 Å². The van der Waals surface area contributed by atoms with Crippen molar-refractivity contribution in [2.75, 3.05) is 25.0 Å². The van der Waals surface area contributed by atoms with E-state index in [-0.39, 0.29) is 23.9 Å². The number of amides is 4. The summed E-state index contributed by atoms with van der Waals surface area (Å²) in [5, 5.41) is 29.0. The van der Waals surface area contributed by atoms with E-state index in [2.05, 4.69) is 33.1 Å². The Morgan fingerprint density at radius 1 is 0.917 bits per heavy atom. The number of nitrogens with one attached hydrogen (secondary N) is 5. The molecular formula is C25H29N5O6. The zero-order valence-corrected chi connectivity index (χ0v) is 19.9. The molecule has 0 saturated carbocycles. The second kappa shape index (κ2) is 14.2. The van der Waals surface area contributed by atoms with E-state index in [1.807, 2.05) is 0 Å². The van der Waals surface area contributed by atoms with Gasteiger partial charge in [-0.05, 0) is 55.5 Å². The van der Waals surface area contributed by atoms with Gasteiger partial charge in [-0.3, -0.25) is 24.4 Å². The lowest BCUT2D eigenvalue weighted by Gasteiger charge is -2.19. The topological polar surface area (TPSA) is 169 Å². The van der Waals surface area contributed by atoms with Gasteiger partial charge in [0.25, 0.3) is 11.8 Å². The second-order valence-corrected chi connectivity index (χ2v) is 7.78. The first-order valence-corrected chi connectivity index (χ1v) is 11.1. The molecule has 0 heterocycles. The number of anilines is 1. The molecule has 2 unspecified atom stereocenters. The number of hydrogen-bond acceptors (Lipinski definition) is 7. The monoisotopic (exact) mass is 495 g/mol. The van der Waals surface area contributed by atoms with Crippen molar-refractivity contribution in [2.45, 2.75) is 26.0 Å².